The summed E-state index contributed by atoms with van der Waals surface area (Å²) in [4.78, 5) is 0. The lowest BCUT2D eigenvalue weighted by Crippen LogP contribution is -2.01. The Morgan fingerprint density at radius 2 is 0.979 bits per heavy atom. The van der Waals surface area contributed by atoms with Crippen LogP contribution in [0.4, 0.5) is 0 Å². The second kappa shape index (κ2) is 9.71. The molecule has 3 heterocycles. The average molecular weight is 600 g/mol. The predicted molar refractivity (Wildman–Crippen MR) is 193 cm³/mol. The fourth-order valence-electron chi connectivity index (χ4n) is 7.63. The van der Waals surface area contributed by atoms with Crippen LogP contribution in [0.3, 0.4) is 0 Å². The van der Waals surface area contributed by atoms with Crippen LogP contribution in [-0.4, -0.2) is 9.13 Å². The number of hydrogen-bond donors (Lipinski definition) is 0. The standard InChI is InChI=1S/C43H25N3O/c44-26-27-21-22-38-33(25-27)30-13-3-8-18-36(30)45(38)34-16-6-1-11-28(34)29-12-2-7-17-35(29)46-37-19-9-4-14-31(37)42-39(46)23-24-41-43(42)32-15-5-10-20-40(32)47-41/h1-25H. The third kappa shape index (κ3) is 3.57. The highest BCUT2D eigenvalue weighted by atomic mass is 16.3. The van der Waals surface area contributed by atoms with Gasteiger partial charge in [-0.2, -0.15) is 5.26 Å². The molecule has 4 heteroatoms. The van der Waals surface area contributed by atoms with E-state index in [0.717, 1.165) is 77.3 Å². The van der Waals surface area contributed by atoms with Crippen molar-refractivity contribution >= 4 is 65.6 Å². The highest BCUT2D eigenvalue weighted by molar-refractivity contribution is 6.27. The number of benzene rings is 7. The van der Waals surface area contributed by atoms with Gasteiger partial charge in [-0.1, -0.05) is 91.0 Å². The van der Waals surface area contributed by atoms with Crippen LogP contribution in [0, 0.1) is 11.3 Å². The summed E-state index contributed by atoms with van der Waals surface area (Å²) in [5, 5.41) is 16.5. The average Bonchev–Trinajstić information content (AvgIpc) is 3.79. The Morgan fingerprint density at radius 3 is 1.72 bits per heavy atom. The van der Waals surface area contributed by atoms with Gasteiger partial charge < -0.3 is 13.6 Å². The number of nitriles is 1. The first-order valence-electron chi connectivity index (χ1n) is 15.8. The summed E-state index contributed by atoms with van der Waals surface area (Å²) in [6.45, 7) is 0. The smallest absolute Gasteiger partial charge is 0.136 e. The summed E-state index contributed by atoms with van der Waals surface area (Å²) in [6, 6.07) is 55.4. The first-order chi connectivity index (χ1) is 23.3. The number of hydrogen-bond acceptors (Lipinski definition) is 2. The Kier molecular flexibility index (Phi) is 5.32. The maximum atomic E-state index is 9.69. The summed E-state index contributed by atoms with van der Waals surface area (Å²) in [5.74, 6) is 0. The van der Waals surface area contributed by atoms with Gasteiger partial charge in [0, 0.05) is 43.4 Å². The van der Waals surface area contributed by atoms with E-state index < -0.39 is 0 Å². The molecule has 0 aliphatic heterocycles. The summed E-state index contributed by atoms with van der Waals surface area (Å²) in [7, 11) is 0. The lowest BCUT2D eigenvalue weighted by atomic mass is 10.0. The first-order valence-corrected chi connectivity index (χ1v) is 15.8. The van der Waals surface area contributed by atoms with Gasteiger partial charge >= 0.3 is 0 Å². The highest BCUT2D eigenvalue weighted by Gasteiger charge is 2.22. The van der Waals surface area contributed by atoms with Gasteiger partial charge in [-0.05, 0) is 60.7 Å². The first kappa shape index (κ1) is 25.7. The second-order valence-corrected chi connectivity index (χ2v) is 12.0. The van der Waals surface area contributed by atoms with Crippen molar-refractivity contribution in [3.8, 4) is 28.6 Å². The molecule has 7 aromatic carbocycles. The van der Waals surface area contributed by atoms with Gasteiger partial charge in [-0.15, -0.1) is 0 Å². The normalized spacial score (nSPS) is 11.8. The molecule has 0 aliphatic rings. The molecule has 47 heavy (non-hydrogen) atoms. The van der Waals surface area contributed by atoms with Crippen LogP contribution in [0.25, 0.3) is 88.1 Å². The Labute approximate surface area is 269 Å². The number of fused-ring (bicyclic) bond motifs is 10. The molecular formula is C43H25N3O. The molecular weight excluding hydrogens is 574 g/mol. The quantitative estimate of drug-likeness (QED) is 0.203. The van der Waals surface area contributed by atoms with Crippen molar-refractivity contribution in [2.24, 2.45) is 0 Å². The van der Waals surface area contributed by atoms with Crippen molar-refractivity contribution in [1.82, 2.24) is 9.13 Å². The number of rotatable bonds is 3. The SMILES string of the molecule is N#Cc1ccc2c(c1)c1ccccc1n2-c1ccccc1-c1ccccc1-n1c2ccccc2c2c3c(ccc21)oc1ccccc13. The van der Waals surface area contributed by atoms with Gasteiger partial charge in [0.15, 0.2) is 0 Å². The van der Waals surface area contributed by atoms with E-state index in [1.54, 1.807) is 0 Å². The number of furan rings is 1. The lowest BCUT2D eigenvalue weighted by Gasteiger charge is -2.18. The minimum atomic E-state index is 0.657. The molecule has 3 aromatic heterocycles. The van der Waals surface area contributed by atoms with Crippen molar-refractivity contribution in [2.45, 2.75) is 0 Å². The zero-order valence-electron chi connectivity index (χ0n) is 25.2. The second-order valence-electron chi connectivity index (χ2n) is 12.0. The molecule has 0 aliphatic carbocycles. The van der Waals surface area contributed by atoms with Crippen LogP contribution in [0.5, 0.6) is 0 Å². The maximum absolute atomic E-state index is 9.69. The molecule has 0 unspecified atom stereocenters. The Morgan fingerprint density at radius 1 is 0.426 bits per heavy atom. The molecule has 0 amide bonds. The molecule has 218 valence electrons. The fraction of sp³-hybridized carbons (Fsp3) is 0. The van der Waals surface area contributed by atoms with Crippen molar-refractivity contribution in [3.63, 3.8) is 0 Å². The van der Waals surface area contributed by atoms with Crippen LogP contribution in [-0.2, 0) is 0 Å². The molecule has 10 rings (SSSR count). The minimum absolute atomic E-state index is 0.657. The van der Waals surface area contributed by atoms with Crippen LogP contribution in [0.15, 0.2) is 156 Å². The van der Waals surface area contributed by atoms with Gasteiger partial charge in [0.1, 0.15) is 11.2 Å². The number of nitrogens with zero attached hydrogens (tertiary/aromatic N) is 3. The fourth-order valence-corrected chi connectivity index (χ4v) is 7.63. The number of para-hydroxylation sites is 5. The molecule has 0 spiro atoms. The van der Waals surface area contributed by atoms with Gasteiger partial charge in [0.25, 0.3) is 0 Å². The van der Waals surface area contributed by atoms with E-state index >= 15 is 0 Å². The number of aromatic nitrogens is 2. The monoisotopic (exact) mass is 599 g/mol. The van der Waals surface area contributed by atoms with Crippen LogP contribution in [0.2, 0.25) is 0 Å². The maximum Gasteiger partial charge on any atom is 0.136 e. The van der Waals surface area contributed by atoms with Crippen molar-refractivity contribution in [3.05, 3.63) is 157 Å². The van der Waals surface area contributed by atoms with Crippen molar-refractivity contribution in [1.29, 1.82) is 5.26 Å². The molecule has 0 saturated carbocycles. The van der Waals surface area contributed by atoms with Crippen molar-refractivity contribution in [2.75, 3.05) is 0 Å². The summed E-state index contributed by atoms with van der Waals surface area (Å²) in [6.07, 6.45) is 0. The Bertz CT molecular complexity index is 2930. The van der Waals surface area contributed by atoms with E-state index in [4.69, 9.17) is 4.42 Å². The van der Waals surface area contributed by atoms with Crippen LogP contribution < -0.4 is 0 Å². The minimum Gasteiger partial charge on any atom is -0.456 e. The van der Waals surface area contributed by atoms with Gasteiger partial charge in [0.2, 0.25) is 0 Å². The van der Waals surface area contributed by atoms with E-state index in [1.165, 1.54) is 10.8 Å². The lowest BCUT2D eigenvalue weighted by molar-refractivity contribution is 0.669. The van der Waals surface area contributed by atoms with Crippen molar-refractivity contribution < 1.29 is 4.42 Å². The van der Waals surface area contributed by atoms with Gasteiger partial charge in [0.05, 0.1) is 45.1 Å². The third-order valence-corrected chi connectivity index (χ3v) is 9.56. The Hall–Kier alpha value is -6.57. The third-order valence-electron chi connectivity index (χ3n) is 9.56. The van der Waals surface area contributed by atoms with E-state index in [-0.39, 0.29) is 0 Å². The van der Waals surface area contributed by atoms with Crippen LogP contribution in [0.1, 0.15) is 5.56 Å². The largest absolute Gasteiger partial charge is 0.456 e. The zero-order chi connectivity index (χ0) is 31.1. The summed E-state index contributed by atoms with van der Waals surface area (Å²) < 4.78 is 11.1. The Balaban J connectivity index is 1.30. The molecule has 10 aromatic rings. The van der Waals surface area contributed by atoms with Gasteiger partial charge in [-0.25, -0.2) is 0 Å². The molecule has 0 bridgehead atoms. The molecule has 0 atom stereocenters. The van der Waals surface area contributed by atoms with E-state index in [0.29, 0.717) is 5.56 Å². The van der Waals surface area contributed by atoms with Crippen LogP contribution >= 0.6 is 0 Å². The summed E-state index contributed by atoms with van der Waals surface area (Å²) >= 11 is 0. The molecule has 0 N–H and O–H groups in total. The zero-order valence-corrected chi connectivity index (χ0v) is 25.2. The van der Waals surface area contributed by atoms with E-state index in [1.807, 2.05) is 24.3 Å². The predicted octanol–water partition coefficient (Wildman–Crippen LogP) is 11.3. The molecule has 0 saturated heterocycles. The molecule has 4 nitrogen and oxygen atoms in total. The van der Waals surface area contributed by atoms with Gasteiger partial charge in [-0.3, -0.25) is 0 Å². The van der Waals surface area contributed by atoms with E-state index in [9.17, 15) is 5.26 Å². The topological polar surface area (TPSA) is 46.8 Å². The molecule has 0 fully saturated rings. The highest BCUT2D eigenvalue weighted by Crippen LogP contribution is 2.44. The molecule has 0 radical (unpaired) electrons. The summed E-state index contributed by atoms with van der Waals surface area (Å²) in [5.41, 5.74) is 11.3. The van der Waals surface area contributed by atoms with E-state index in [2.05, 4.69) is 143 Å².